The molecule has 2 aliphatic rings. The molecule has 0 radical (unpaired) electrons. The first-order valence-electron chi connectivity index (χ1n) is 7.69. The molecule has 2 N–H and O–H groups in total. The average Bonchev–Trinajstić information content (AvgIpc) is 3.22. The largest absolute Gasteiger partial charge is 0.493 e. The van der Waals surface area contributed by atoms with Crippen LogP contribution in [0.1, 0.15) is 16.7 Å². The molecule has 0 fully saturated rings. The number of aromatic nitrogens is 1. The van der Waals surface area contributed by atoms with Crippen molar-refractivity contribution in [3.05, 3.63) is 47.3 Å². The minimum atomic E-state index is -0.250. The Morgan fingerprint density at radius 3 is 2.87 bits per heavy atom. The summed E-state index contributed by atoms with van der Waals surface area (Å²) in [5.74, 6) is 1.65. The fourth-order valence-corrected chi connectivity index (χ4v) is 2.96. The van der Waals surface area contributed by atoms with Crippen molar-refractivity contribution in [3.63, 3.8) is 0 Å². The molecule has 2 amide bonds. The van der Waals surface area contributed by atoms with Gasteiger partial charge in [-0.3, -0.25) is 4.98 Å². The second kappa shape index (κ2) is 5.79. The first-order chi connectivity index (χ1) is 11.3. The van der Waals surface area contributed by atoms with E-state index in [4.69, 9.17) is 9.47 Å². The second-order valence-corrected chi connectivity index (χ2v) is 5.58. The highest BCUT2D eigenvalue weighted by atomic mass is 16.5. The maximum atomic E-state index is 12.3. The van der Waals surface area contributed by atoms with E-state index in [1.807, 2.05) is 18.2 Å². The number of hydrogen-bond acceptors (Lipinski definition) is 4. The van der Waals surface area contributed by atoms with Crippen LogP contribution in [0.15, 0.2) is 30.6 Å². The van der Waals surface area contributed by atoms with Crippen LogP contribution in [0.3, 0.4) is 0 Å². The van der Waals surface area contributed by atoms with Crippen molar-refractivity contribution in [2.75, 3.05) is 18.5 Å². The molecule has 0 unspecified atom stereocenters. The third-order valence-corrected chi connectivity index (χ3v) is 4.09. The minimum Gasteiger partial charge on any atom is -0.493 e. The number of anilines is 1. The molecule has 2 aliphatic heterocycles. The molecular weight excluding hydrogens is 294 g/mol. The van der Waals surface area contributed by atoms with Crippen LogP contribution in [-0.2, 0) is 19.4 Å². The Bertz CT molecular complexity index is 714. The van der Waals surface area contributed by atoms with E-state index in [-0.39, 0.29) is 6.03 Å². The molecule has 3 heterocycles. The molecule has 0 spiro atoms. The summed E-state index contributed by atoms with van der Waals surface area (Å²) in [6.45, 7) is 1.74. The first-order valence-corrected chi connectivity index (χ1v) is 7.69. The van der Waals surface area contributed by atoms with E-state index in [2.05, 4.69) is 15.6 Å². The second-order valence-electron chi connectivity index (χ2n) is 5.58. The lowest BCUT2D eigenvalue weighted by Crippen LogP contribution is -2.28. The SMILES string of the molecule is O=C(NCc1ccncc1)Nc1c2c(cc3c1OCC3)OCC2. The number of hydrogen-bond donors (Lipinski definition) is 2. The summed E-state index contributed by atoms with van der Waals surface area (Å²) in [4.78, 5) is 16.2. The number of rotatable bonds is 3. The number of nitrogens with zero attached hydrogens (tertiary/aromatic N) is 1. The Labute approximate surface area is 133 Å². The van der Waals surface area contributed by atoms with E-state index >= 15 is 0 Å². The van der Waals surface area contributed by atoms with Crippen molar-refractivity contribution >= 4 is 11.7 Å². The number of ether oxygens (including phenoxy) is 2. The van der Waals surface area contributed by atoms with Gasteiger partial charge < -0.3 is 20.1 Å². The fourth-order valence-electron chi connectivity index (χ4n) is 2.96. The van der Waals surface area contributed by atoms with E-state index in [1.165, 1.54) is 0 Å². The highest BCUT2D eigenvalue weighted by Gasteiger charge is 2.27. The Hall–Kier alpha value is -2.76. The topological polar surface area (TPSA) is 72.5 Å². The number of nitrogens with one attached hydrogen (secondary N) is 2. The molecule has 0 bridgehead atoms. The summed E-state index contributed by atoms with van der Waals surface area (Å²) in [7, 11) is 0. The summed E-state index contributed by atoms with van der Waals surface area (Å²) in [6, 6.07) is 5.52. The molecule has 6 heteroatoms. The van der Waals surface area contributed by atoms with Gasteiger partial charge in [-0.1, -0.05) is 0 Å². The molecule has 2 aromatic rings. The number of pyridine rings is 1. The Kier molecular flexibility index (Phi) is 3.49. The lowest BCUT2D eigenvalue weighted by atomic mass is 10.0. The Morgan fingerprint density at radius 1 is 1.17 bits per heavy atom. The normalized spacial score (nSPS) is 14.4. The Balaban J connectivity index is 1.51. The number of fused-ring (bicyclic) bond motifs is 2. The van der Waals surface area contributed by atoms with E-state index in [0.717, 1.165) is 46.7 Å². The van der Waals surface area contributed by atoms with Gasteiger partial charge in [-0.15, -0.1) is 0 Å². The zero-order valence-electron chi connectivity index (χ0n) is 12.6. The maximum absolute atomic E-state index is 12.3. The molecule has 0 aliphatic carbocycles. The number of urea groups is 1. The van der Waals surface area contributed by atoms with Crippen molar-refractivity contribution in [2.24, 2.45) is 0 Å². The highest BCUT2D eigenvalue weighted by molar-refractivity contribution is 5.93. The Morgan fingerprint density at radius 2 is 2.00 bits per heavy atom. The van der Waals surface area contributed by atoms with Crippen LogP contribution in [0.2, 0.25) is 0 Å². The average molecular weight is 311 g/mol. The van der Waals surface area contributed by atoms with Gasteiger partial charge in [-0.25, -0.2) is 4.79 Å². The van der Waals surface area contributed by atoms with Crippen LogP contribution in [-0.4, -0.2) is 24.2 Å². The molecule has 4 rings (SSSR count). The van der Waals surface area contributed by atoms with Gasteiger partial charge in [0.25, 0.3) is 0 Å². The lowest BCUT2D eigenvalue weighted by molar-refractivity contribution is 0.251. The van der Waals surface area contributed by atoms with E-state index in [0.29, 0.717) is 19.8 Å². The summed E-state index contributed by atoms with van der Waals surface area (Å²) < 4.78 is 11.4. The standard InChI is InChI=1S/C17H17N3O3/c21-17(19-10-11-1-5-18-6-2-11)20-15-13-4-8-22-14(13)9-12-3-7-23-16(12)15/h1-2,5-6,9H,3-4,7-8,10H2,(H2,19,20,21). The summed E-state index contributed by atoms with van der Waals surface area (Å²) >= 11 is 0. The minimum absolute atomic E-state index is 0.250. The predicted molar refractivity (Wildman–Crippen MR) is 84.9 cm³/mol. The quantitative estimate of drug-likeness (QED) is 0.912. The number of benzene rings is 1. The third-order valence-electron chi connectivity index (χ3n) is 4.09. The molecule has 23 heavy (non-hydrogen) atoms. The molecule has 118 valence electrons. The molecule has 6 nitrogen and oxygen atoms in total. The third kappa shape index (κ3) is 2.67. The van der Waals surface area contributed by atoms with E-state index in [1.54, 1.807) is 12.4 Å². The van der Waals surface area contributed by atoms with Crippen LogP contribution in [0.25, 0.3) is 0 Å². The van der Waals surface area contributed by atoms with Gasteiger partial charge in [0, 0.05) is 42.9 Å². The van der Waals surface area contributed by atoms with Crippen molar-refractivity contribution < 1.29 is 14.3 Å². The van der Waals surface area contributed by atoms with Gasteiger partial charge in [-0.2, -0.15) is 0 Å². The van der Waals surface area contributed by atoms with Gasteiger partial charge >= 0.3 is 6.03 Å². The molecular formula is C17H17N3O3. The monoisotopic (exact) mass is 311 g/mol. The highest BCUT2D eigenvalue weighted by Crippen LogP contribution is 2.44. The molecule has 0 saturated heterocycles. The van der Waals surface area contributed by atoms with Gasteiger partial charge in [-0.05, 0) is 23.8 Å². The lowest BCUT2D eigenvalue weighted by Gasteiger charge is -2.14. The van der Waals surface area contributed by atoms with Crippen molar-refractivity contribution in [1.29, 1.82) is 0 Å². The van der Waals surface area contributed by atoms with Crippen molar-refractivity contribution in [3.8, 4) is 11.5 Å². The fraction of sp³-hybridized carbons (Fsp3) is 0.294. The van der Waals surface area contributed by atoms with Crippen molar-refractivity contribution in [1.82, 2.24) is 10.3 Å². The van der Waals surface area contributed by atoms with Crippen LogP contribution in [0, 0.1) is 0 Å². The smallest absolute Gasteiger partial charge is 0.319 e. The van der Waals surface area contributed by atoms with E-state index < -0.39 is 0 Å². The number of carbonyl (C=O) groups excluding carboxylic acids is 1. The summed E-state index contributed by atoms with van der Waals surface area (Å²) in [5, 5.41) is 5.80. The van der Waals surface area contributed by atoms with Gasteiger partial charge in [0.2, 0.25) is 0 Å². The maximum Gasteiger partial charge on any atom is 0.319 e. The molecule has 1 aromatic carbocycles. The predicted octanol–water partition coefficient (Wildman–Crippen LogP) is 2.27. The van der Waals surface area contributed by atoms with Gasteiger partial charge in [0.15, 0.2) is 0 Å². The zero-order valence-corrected chi connectivity index (χ0v) is 12.6. The number of amides is 2. The molecule has 0 atom stereocenters. The van der Waals surface area contributed by atoms with Crippen LogP contribution >= 0.6 is 0 Å². The van der Waals surface area contributed by atoms with Gasteiger partial charge in [0.1, 0.15) is 11.5 Å². The van der Waals surface area contributed by atoms with Gasteiger partial charge in [0.05, 0.1) is 18.9 Å². The summed E-state index contributed by atoms with van der Waals surface area (Å²) in [5.41, 5.74) is 3.86. The van der Waals surface area contributed by atoms with Crippen LogP contribution in [0.5, 0.6) is 11.5 Å². The van der Waals surface area contributed by atoms with Crippen molar-refractivity contribution in [2.45, 2.75) is 19.4 Å². The molecule has 1 aromatic heterocycles. The van der Waals surface area contributed by atoms with Crippen LogP contribution < -0.4 is 20.1 Å². The molecule has 0 saturated carbocycles. The first kappa shape index (κ1) is 13.9. The zero-order chi connectivity index (χ0) is 15.6. The number of carbonyl (C=O) groups is 1. The van der Waals surface area contributed by atoms with E-state index in [9.17, 15) is 4.79 Å². The van der Waals surface area contributed by atoms with Crippen LogP contribution in [0.4, 0.5) is 10.5 Å². The summed E-state index contributed by atoms with van der Waals surface area (Å²) in [6.07, 6.45) is 5.04.